The van der Waals surface area contributed by atoms with E-state index in [-0.39, 0.29) is 0 Å². The molecule has 3 heteroatoms. The number of rotatable bonds is 4. The first-order valence-electron chi connectivity index (χ1n) is 3.76. The van der Waals surface area contributed by atoms with Gasteiger partial charge in [0.1, 0.15) is 0 Å². The average Bonchev–Trinajstić information content (AvgIpc) is 1.84. The molecule has 0 spiro atoms. The van der Waals surface area contributed by atoms with Crippen LogP contribution in [0.25, 0.3) is 0 Å². The van der Waals surface area contributed by atoms with Gasteiger partial charge in [-0.2, -0.15) is 11.8 Å². The largest absolute Gasteiger partial charge is 0.395 e. The van der Waals surface area contributed by atoms with E-state index in [0.29, 0.717) is 11.9 Å². The molecule has 0 amide bonds. The Labute approximate surface area is 66.4 Å². The Morgan fingerprint density at radius 1 is 1.70 bits per heavy atom. The van der Waals surface area contributed by atoms with Gasteiger partial charge in [0.05, 0.1) is 6.61 Å². The highest BCUT2D eigenvalue weighted by Crippen LogP contribution is 2.16. The predicted octanol–water partition coefficient (Wildman–Crippen LogP) is 0.320. The fourth-order valence-electron chi connectivity index (χ4n) is 0.819. The van der Waals surface area contributed by atoms with E-state index >= 15 is 0 Å². The van der Waals surface area contributed by atoms with Gasteiger partial charge in [-0.15, -0.1) is 0 Å². The first-order chi connectivity index (χ1) is 4.83. The lowest BCUT2D eigenvalue weighted by atomic mass is 10.1. The van der Waals surface area contributed by atoms with Crippen LogP contribution in [-0.4, -0.2) is 35.8 Å². The number of hydrogen-bond donors (Lipinski definition) is 2. The molecule has 10 heavy (non-hydrogen) atoms. The summed E-state index contributed by atoms with van der Waals surface area (Å²) in [5.41, 5.74) is 0. The molecule has 1 aliphatic heterocycles. The number of thioether (sulfide) groups is 1. The van der Waals surface area contributed by atoms with Crippen LogP contribution in [0.2, 0.25) is 0 Å². The zero-order chi connectivity index (χ0) is 7.40. The molecule has 1 unspecified atom stereocenters. The fraction of sp³-hybridized carbons (Fsp3) is 1.00. The van der Waals surface area contributed by atoms with Gasteiger partial charge in [-0.05, 0) is 24.8 Å². The third kappa shape index (κ3) is 2.48. The zero-order valence-corrected chi connectivity index (χ0v) is 7.16. The first-order valence-corrected chi connectivity index (χ1v) is 4.81. The Hall–Kier alpha value is 0.270. The second kappa shape index (κ2) is 4.21. The van der Waals surface area contributed by atoms with Gasteiger partial charge < -0.3 is 10.4 Å². The number of nitrogens with one attached hydrogen (secondary N) is 1. The normalized spacial score (nSPS) is 22.2. The van der Waals surface area contributed by atoms with E-state index in [1.54, 1.807) is 0 Å². The van der Waals surface area contributed by atoms with Crippen LogP contribution in [-0.2, 0) is 0 Å². The van der Waals surface area contributed by atoms with Crippen LogP contribution in [0, 0.1) is 5.92 Å². The molecule has 0 saturated carbocycles. The highest BCUT2D eigenvalue weighted by molar-refractivity contribution is 7.99. The van der Waals surface area contributed by atoms with Crippen LogP contribution in [0.1, 0.15) is 6.92 Å². The highest BCUT2D eigenvalue weighted by Gasteiger charge is 2.17. The molecule has 60 valence electrons. The maximum atomic E-state index is 8.70. The quantitative estimate of drug-likeness (QED) is 0.623. The number of aliphatic hydroxyl groups excluding tert-OH is 1. The van der Waals surface area contributed by atoms with Crippen LogP contribution < -0.4 is 5.32 Å². The van der Waals surface area contributed by atoms with Gasteiger partial charge in [-0.3, -0.25) is 0 Å². The molecule has 0 aromatic carbocycles. The Balaban J connectivity index is 1.93. The summed E-state index contributed by atoms with van der Waals surface area (Å²) in [6.45, 7) is 4.72. The molecule has 0 bridgehead atoms. The van der Waals surface area contributed by atoms with E-state index in [1.807, 2.05) is 11.8 Å². The van der Waals surface area contributed by atoms with Crippen LogP contribution in [0.4, 0.5) is 0 Å². The third-order valence-electron chi connectivity index (χ3n) is 1.74. The zero-order valence-electron chi connectivity index (χ0n) is 6.34. The smallest absolute Gasteiger partial charge is 0.0547 e. The van der Waals surface area contributed by atoms with E-state index in [9.17, 15) is 0 Å². The summed E-state index contributed by atoms with van der Waals surface area (Å²) in [5, 5.41) is 12.3. The molecule has 1 saturated heterocycles. The monoisotopic (exact) mass is 161 g/mol. The Morgan fingerprint density at radius 3 is 2.80 bits per heavy atom. The second-order valence-electron chi connectivity index (χ2n) is 2.85. The van der Waals surface area contributed by atoms with Gasteiger partial charge in [0.2, 0.25) is 0 Å². The SMILES string of the molecule is CC(CO)SCC1CNC1. The summed E-state index contributed by atoms with van der Waals surface area (Å²) in [6.07, 6.45) is 0. The van der Waals surface area contributed by atoms with Crippen molar-refractivity contribution >= 4 is 11.8 Å². The molecule has 1 atom stereocenters. The van der Waals surface area contributed by atoms with Gasteiger partial charge in [-0.1, -0.05) is 6.92 Å². The van der Waals surface area contributed by atoms with E-state index in [0.717, 1.165) is 5.92 Å². The molecule has 0 aromatic heterocycles. The summed E-state index contributed by atoms with van der Waals surface area (Å²) in [6, 6.07) is 0. The topological polar surface area (TPSA) is 32.3 Å². The Bertz CT molecular complexity index is 90.9. The van der Waals surface area contributed by atoms with E-state index in [1.165, 1.54) is 18.8 Å². The van der Waals surface area contributed by atoms with Gasteiger partial charge in [-0.25, -0.2) is 0 Å². The molecule has 0 aromatic rings. The van der Waals surface area contributed by atoms with Crippen molar-refractivity contribution in [3.05, 3.63) is 0 Å². The van der Waals surface area contributed by atoms with Crippen LogP contribution in [0.15, 0.2) is 0 Å². The minimum absolute atomic E-state index is 0.310. The summed E-state index contributed by atoms with van der Waals surface area (Å²) in [5.74, 6) is 2.06. The Morgan fingerprint density at radius 2 is 2.40 bits per heavy atom. The standard InChI is InChI=1S/C7H15NOS/c1-6(4-9)10-5-7-2-8-3-7/h6-9H,2-5H2,1H3. The molecule has 1 heterocycles. The van der Waals surface area contributed by atoms with Gasteiger partial charge in [0, 0.05) is 5.25 Å². The molecule has 2 N–H and O–H groups in total. The van der Waals surface area contributed by atoms with Crippen LogP contribution >= 0.6 is 11.8 Å². The maximum absolute atomic E-state index is 8.70. The van der Waals surface area contributed by atoms with Crippen molar-refractivity contribution in [3.63, 3.8) is 0 Å². The lowest BCUT2D eigenvalue weighted by Gasteiger charge is -2.27. The fourth-order valence-corrected chi connectivity index (χ4v) is 1.76. The molecular weight excluding hydrogens is 146 g/mol. The van der Waals surface area contributed by atoms with Crippen molar-refractivity contribution in [2.45, 2.75) is 12.2 Å². The van der Waals surface area contributed by atoms with E-state index in [4.69, 9.17) is 5.11 Å². The lowest BCUT2D eigenvalue weighted by molar-refractivity contribution is 0.299. The highest BCUT2D eigenvalue weighted by atomic mass is 32.2. The van der Waals surface area contributed by atoms with E-state index in [2.05, 4.69) is 12.2 Å². The third-order valence-corrected chi connectivity index (χ3v) is 3.12. The Kier molecular flexibility index (Phi) is 3.52. The van der Waals surface area contributed by atoms with Crippen LogP contribution in [0.5, 0.6) is 0 Å². The summed E-state index contributed by atoms with van der Waals surface area (Å²) < 4.78 is 0. The first kappa shape index (κ1) is 8.37. The van der Waals surface area contributed by atoms with Crippen molar-refractivity contribution in [2.24, 2.45) is 5.92 Å². The minimum Gasteiger partial charge on any atom is -0.395 e. The minimum atomic E-state index is 0.310. The molecule has 1 aliphatic rings. The number of aliphatic hydroxyl groups is 1. The van der Waals surface area contributed by atoms with Crippen molar-refractivity contribution in [1.82, 2.24) is 5.32 Å². The van der Waals surface area contributed by atoms with Crippen LogP contribution in [0.3, 0.4) is 0 Å². The van der Waals surface area contributed by atoms with Gasteiger partial charge >= 0.3 is 0 Å². The number of hydrogen-bond acceptors (Lipinski definition) is 3. The van der Waals surface area contributed by atoms with Gasteiger partial charge in [0.15, 0.2) is 0 Å². The van der Waals surface area contributed by atoms with Crippen molar-refractivity contribution in [1.29, 1.82) is 0 Å². The molecule has 0 radical (unpaired) electrons. The summed E-state index contributed by atoms with van der Waals surface area (Å²) in [4.78, 5) is 0. The lowest BCUT2D eigenvalue weighted by Crippen LogP contribution is -2.43. The van der Waals surface area contributed by atoms with E-state index < -0.39 is 0 Å². The molecular formula is C7H15NOS. The summed E-state index contributed by atoms with van der Waals surface area (Å²) in [7, 11) is 0. The average molecular weight is 161 g/mol. The molecule has 2 nitrogen and oxygen atoms in total. The van der Waals surface area contributed by atoms with Crippen molar-refractivity contribution < 1.29 is 5.11 Å². The second-order valence-corrected chi connectivity index (χ2v) is 4.32. The molecule has 1 rings (SSSR count). The van der Waals surface area contributed by atoms with Gasteiger partial charge in [0.25, 0.3) is 0 Å². The van der Waals surface area contributed by atoms with Crippen molar-refractivity contribution in [3.8, 4) is 0 Å². The predicted molar refractivity (Wildman–Crippen MR) is 45.4 cm³/mol. The maximum Gasteiger partial charge on any atom is 0.0547 e. The summed E-state index contributed by atoms with van der Waals surface area (Å²) >= 11 is 1.87. The molecule has 1 fully saturated rings. The van der Waals surface area contributed by atoms with Crippen molar-refractivity contribution in [2.75, 3.05) is 25.4 Å². The molecule has 0 aliphatic carbocycles.